The molecule has 1 amide bonds. The van der Waals surface area contributed by atoms with Gasteiger partial charge >= 0.3 is 0 Å². The number of nitrogens with zero attached hydrogens (tertiary/aromatic N) is 2. The lowest BCUT2D eigenvalue weighted by Crippen LogP contribution is -2.29. The molecule has 0 unspecified atom stereocenters. The summed E-state index contributed by atoms with van der Waals surface area (Å²) >= 11 is 0. The van der Waals surface area contributed by atoms with Crippen molar-refractivity contribution in [3.8, 4) is 0 Å². The Morgan fingerprint density at radius 1 is 1.04 bits per heavy atom. The van der Waals surface area contributed by atoms with Crippen LogP contribution in [0.5, 0.6) is 0 Å². The van der Waals surface area contributed by atoms with Gasteiger partial charge in [0.1, 0.15) is 5.82 Å². The largest absolute Gasteiger partial charge is 0.346 e. The molecule has 0 aliphatic carbocycles. The van der Waals surface area contributed by atoms with Gasteiger partial charge in [0.2, 0.25) is 5.91 Å². The smallest absolute Gasteiger partial charge is 0.224 e. The Balaban J connectivity index is 1.50. The lowest BCUT2D eigenvalue weighted by Gasteiger charge is -2.14. The van der Waals surface area contributed by atoms with Crippen LogP contribution in [0.2, 0.25) is 0 Å². The van der Waals surface area contributed by atoms with E-state index in [1.165, 1.54) is 5.39 Å². The van der Waals surface area contributed by atoms with Crippen molar-refractivity contribution in [1.29, 1.82) is 0 Å². The van der Waals surface area contributed by atoms with Gasteiger partial charge in [-0.2, -0.15) is 0 Å². The van der Waals surface area contributed by atoms with Gasteiger partial charge in [-0.1, -0.05) is 54.6 Å². The Kier molecular flexibility index (Phi) is 4.17. The highest BCUT2D eigenvalue weighted by Gasteiger charge is 2.16. The summed E-state index contributed by atoms with van der Waals surface area (Å²) in [6.07, 6.45) is 0.360. The van der Waals surface area contributed by atoms with Gasteiger partial charge in [-0.3, -0.25) is 4.79 Å². The summed E-state index contributed by atoms with van der Waals surface area (Å²) in [5.41, 5.74) is 3.03. The first-order chi connectivity index (χ1) is 12.6. The molecule has 0 fully saturated rings. The Morgan fingerprint density at radius 3 is 2.58 bits per heavy atom. The molecule has 3 aromatic carbocycles. The van der Waals surface area contributed by atoms with E-state index in [1.807, 2.05) is 61.0 Å². The van der Waals surface area contributed by atoms with Crippen LogP contribution in [0.4, 0.5) is 0 Å². The van der Waals surface area contributed by atoms with Crippen LogP contribution in [0.15, 0.2) is 66.7 Å². The summed E-state index contributed by atoms with van der Waals surface area (Å²) in [6, 6.07) is 22.2. The van der Waals surface area contributed by atoms with Crippen LogP contribution in [-0.2, 0) is 18.3 Å². The predicted molar refractivity (Wildman–Crippen MR) is 105 cm³/mol. The third kappa shape index (κ3) is 3.06. The molecule has 0 saturated carbocycles. The minimum absolute atomic E-state index is 0.000151. The number of amides is 1. The van der Waals surface area contributed by atoms with Gasteiger partial charge in [0.05, 0.1) is 23.5 Å². The minimum atomic E-state index is -0.152. The summed E-state index contributed by atoms with van der Waals surface area (Å²) in [7, 11) is 1.98. The van der Waals surface area contributed by atoms with Gasteiger partial charge in [0.15, 0.2) is 0 Å². The Hall–Kier alpha value is -3.14. The van der Waals surface area contributed by atoms with Crippen molar-refractivity contribution >= 4 is 27.7 Å². The van der Waals surface area contributed by atoms with Crippen LogP contribution in [-0.4, -0.2) is 15.5 Å². The SMILES string of the molecule is C[C@H](NC(=O)Cc1ccc2ccccc2c1)c1nc2ccccc2n1C. The zero-order valence-corrected chi connectivity index (χ0v) is 14.9. The van der Waals surface area contributed by atoms with E-state index in [-0.39, 0.29) is 11.9 Å². The second kappa shape index (κ2) is 6.64. The maximum atomic E-state index is 12.5. The van der Waals surface area contributed by atoms with Crippen molar-refractivity contribution < 1.29 is 4.79 Å². The highest BCUT2D eigenvalue weighted by molar-refractivity contribution is 5.85. The highest BCUT2D eigenvalue weighted by Crippen LogP contribution is 2.20. The van der Waals surface area contributed by atoms with Gasteiger partial charge < -0.3 is 9.88 Å². The molecule has 0 spiro atoms. The molecule has 1 heterocycles. The number of hydrogen-bond acceptors (Lipinski definition) is 2. The number of fused-ring (bicyclic) bond motifs is 2. The third-order valence-corrected chi connectivity index (χ3v) is 4.77. The second-order valence-electron chi connectivity index (χ2n) is 6.67. The zero-order chi connectivity index (χ0) is 18.1. The van der Waals surface area contributed by atoms with Crippen molar-refractivity contribution in [2.45, 2.75) is 19.4 Å². The van der Waals surface area contributed by atoms with Crippen LogP contribution >= 0.6 is 0 Å². The Bertz CT molecular complexity index is 1100. The van der Waals surface area contributed by atoms with Crippen LogP contribution in [0.25, 0.3) is 21.8 Å². The lowest BCUT2D eigenvalue weighted by atomic mass is 10.0. The van der Waals surface area contributed by atoms with E-state index >= 15 is 0 Å². The summed E-state index contributed by atoms with van der Waals surface area (Å²) < 4.78 is 2.04. The fraction of sp³-hybridized carbons (Fsp3) is 0.182. The summed E-state index contributed by atoms with van der Waals surface area (Å²) in [6.45, 7) is 1.97. The number of carbonyl (C=O) groups excluding carboxylic acids is 1. The molecule has 0 aliphatic heterocycles. The molecule has 0 bridgehead atoms. The molecular formula is C22H21N3O. The van der Waals surface area contributed by atoms with Gasteiger partial charge in [-0.05, 0) is 35.4 Å². The fourth-order valence-electron chi connectivity index (χ4n) is 3.44. The Labute approximate surface area is 152 Å². The molecule has 26 heavy (non-hydrogen) atoms. The molecule has 130 valence electrons. The maximum absolute atomic E-state index is 12.5. The average Bonchev–Trinajstić information content (AvgIpc) is 2.99. The topological polar surface area (TPSA) is 46.9 Å². The van der Waals surface area contributed by atoms with Crippen LogP contribution in [0.1, 0.15) is 24.4 Å². The quantitative estimate of drug-likeness (QED) is 0.605. The standard InChI is InChI=1S/C22H21N3O/c1-15(22-24-19-9-5-6-10-20(19)25(22)2)23-21(26)14-16-11-12-17-7-3-4-8-18(17)13-16/h3-13,15H,14H2,1-2H3,(H,23,26)/t15-/m0/s1. The highest BCUT2D eigenvalue weighted by atomic mass is 16.1. The van der Waals surface area contributed by atoms with E-state index < -0.39 is 0 Å². The molecule has 4 rings (SSSR count). The molecule has 1 aromatic heterocycles. The number of para-hydroxylation sites is 2. The summed E-state index contributed by atoms with van der Waals surface area (Å²) in [5, 5.41) is 5.41. The zero-order valence-electron chi connectivity index (χ0n) is 14.9. The van der Waals surface area contributed by atoms with Gasteiger partial charge in [-0.15, -0.1) is 0 Å². The molecular weight excluding hydrogens is 322 g/mol. The molecule has 4 nitrogen and oxygen atoms in total. The first-order valence-electron chi connectivity index (χ1n) is 8.80. The van der Waals surface area contributed by atoms with E-state index in [4.69, 9.17) is 0 Å². The van der Waals surface area contributed by atoms with Crippen molar-refractivity contribution in [1.82, 2.24) is 14.9 Å². The van der Waals surface area contributed by atoms with E-state index in [0.717, 1.165) is 27.8 Å². The molecule has 0 radical (unpaired) electrons. The average molecular weight is 343 g/mol. The molecule has 0 saturated heterocycles. The van der Waals surface area contributed by atoms with Crippen LogP contribution in [0, 0.1) is 0 Å². The predicted octanol–water partition coefficient (Wildman–Crippen LogP) is 4.15. The number of benzene rings is 3. The van der Waals surface area contributed by atoms with Gasteiger partial charge in [0.25, 0.3) is 0 Å². The number of aryl methyl sites for hydroxylation is 1. The molecule has 4 aromatic rings. The monoisotopic (exact) mass is 343 g/mol. The normalized spacial score (nSPS) is 12.4. The summed E-state index contributed by atoms with van der Waals surface area (Å²) in [4.78, 5) is 17.2. The molecule has 0 aliphatic rings. The van der Waals surface area contributed by atoms with E-state index in [9.17, 15) is 4.79 Å². The van der Waals surface area contributed by atoms with Crippen molar-refractivity contribution in [3.05, 3.63) is 78.1 Å². The summed E-state index contributed by atoms with van der Waals surface area (Å²) in [5.74, 6) is 0.859. The first-order valence-corrected chi connectivity index (χ1v) is 8.80. The number of carbonyl (C=O) groups is 1. The first kappa shape index (κ1) is 16.3. The number of aromatic nitrogens is 2. The number of nitrogens with one attached hydrogen (secondary N) is 1. The molecule has 1 atom stereocenters. The molecule has 1 N–H and O–H groups in total. The maximum Gasteiger partial charge on any atom is 0.224 e. The van der Waals surface area contributed by atoms with Gasteiger partial charge in [0, 0.05) is 7.05 Å². The van der Waals surface area contributed by atoms with E-state index in [2.05, 4.69) is 34.6 Å². The lowest BCUT2D eigenvalue weighted by molar-refractivity contribution is -0.121. The minimum Gasteiger partial charge on any atom is -0.346 e. The van der Waals surface area contributed by atoms with Crippen LogP contribution in [0.3, 0.4) is 0 Å². The van der Waals surface area contributed by atoms with E-state index in [1.54, 1.807) is 0 Å². The second-order valence-corrected chi connectivity index (χ2v) is 6.67. The number of rotatable bonds is 4. The molecule has 4 heteroatoms. The van der Waals surface area contributed by atoms with Crippen LogP contribution < -0.4 is 5.32 Å². The van der Waals surface area contributed by atoms with Gasteiger partial charge in [-0.25, -0.2) is 4.98 Å². The number of imidazole rings is 1. The van der Waals surface area contributed by atoms with E-state index in [0.29, 0.717) is 6.42 Å². The number of hydrogen-bond donors (Lipinski definition) is 1. The van der Waals surface area contributed by atoms with Crippen molar-refractivity contribution in [2.75, 3.05) is 0 Å². The third-order valence-electron chi connectivity index (χ3n) is 4.77. The Morgan fingerprint density at radius 2 is 1.77 bits per heavy atom. The fourth-order valence-corrected chi connectivity index (χ4v) is 3.44. The van der Waals surface area contributed by atoms with Crippen molar-refractivity contribution in [2.24, 2.45) is 7.05 Å². The van der Waals surface area contributed by atoms with Crippen molar-refractivity contribution in [3.63, 3.8) is 0 Å².